The Morgan fingerprint density at radius 2 is 1.91 bits per heavy atom. The second-order valence-corrected chi connectivity index (χ2v) is 11.0. The molecule has 0 aliphatic rings. The molecule has 10 heteroatoms. The van der Waals surface area contributed by atoms with Gasteiger partial charge in [0.05, 0.1) is 5.39 Å². The van der Waals surface area contributed by atoms with Gasteiger partial charge >= 0.3 is 5.97 Å². The summed E-state index contributed by atoms with van der Waals surface area (Å²) in [6.07, 6.45) is 6.04. The third-order valence-corrected chi connectivity index (χ3v) is 7.84. The van der Waals surface area contributed by atoms with Crippen LogP contribution in [0.2, 0.25) is 0 Å². The van der Waals surface area contributed by atoms with Crippen LogP contribution in [-0.2, 0) is 11.2 Å². The Balaban J connectivity index is 2.14. The Morgan fingerprint density at radius 1 is 1.21 bits per heavy atom. The van der Waals surface area contributed by atoms with Crippen LogP contribution in [0.1, 0.15) is 42.8 Å². The number of carbonyl (C=O) groups is 1. The minimum atomic E-state index is -0.457. The lowest BCUT2D eigenvalue weighted by molar-refractivity contribution is -0.430. The van der Waals surface area contributed by atoms with E-state index in [4.69, 9.17) is 9.15 Å². The molecule has 0 aliphatic heterocycles. The van der Waals surface area contributed by atoms with Crippen LogP contribution in [0.15, 0.2) is 26.7 Å². The van der Waals surface area contributed by atoms with Crippen molar-refractivity contribution >= 4 is 51.8 Å². The number of quaternary nitrogens is 2. The van der Waals surface area contributed by atoms with Gasteiger partial charge in [0.25, 0.3) is 0 Å². The van der Waals surface area contributed by atoms with Gasteiger partial charge in [-0.2, -0.15) is 23.5 Å². The number of fused-ring (bicyclic) bond motifs is 1. The summed E-state index contributed by atoms with van der Waals surface area (Å²) in [5.41, 5.74) is 10.6. The molecule has 1 aromatic carbocycles. The quantitative estimate of drug-likeness (QED) is 0.292. The number of esters is 1. The van der Waals surface area contributed by atoms with Crippen molar-refractivity contribution in [2.75, 3.05) is 24.0 Å². The number of ether oxygens (including phenoxy) is 1. The predicted octanol–water partition coefficient (Wildman–Crippen LogP) is 3.09. The van der Waals surface area contributed by atoms with Crippen molar-refractivity contribution in [3.63, 3.8) is 0 Å². The molecule has 0 spiro atoms. The maximum Gasteiger partial charge on any atom is 0.370 e. The molecule has 0 aliphatic carbocycles. The first kappa shape index (κ1) is 26.7. The van der Waals surface area contributed by atoms with Gasteiger partial charge in [-0.25, -0.2) is 9.78 Å². The normalized spacial score (nSPS) is 13.2. The lowest BCUT2D eigenvalue weighted by Gasteiger charge is -2.15. The van der Waals surface area contributed by atoms with Crippen LogP contribution in [0.5, 0.6) is 5.75 Å². The van der Waals surface area contributed by atoms with Crippen LogP contribution >= 0.6 is 34.9 Å². The highest BCUT2D eigenvalue weighted by atomic mass is 32.2. The molecule has 184 valence electrons. The van der Waals surface area contributed by atoms with Crippen molar-refractivity contribution in [2.45, 2.75) is 45.2 Å². The molecule has 0 radical (unpaired) electrons. The zero-order valence-electron chi connectivity index (χ0n) is 20.1. The van der Waals surface area contributed by atoms with Gasteiger partial charge in [0, 0.05) is 30.0 Å². The Morgan fingerprint density at radius 3 is 2.53 bits per heavy atom. The molecule has 0 unspecified atom stereocenters. The zero-order valence-corrected chi connectivity index (χ0v) is 22.6. The van der Waals surface area contributed by atoms with Gasteiger partial charge in [0.2, 0.25) is 5.43 Å². The first-order valence-corrected chi connectivity index (χ1v) is 14.9. The number of nitrogens with zero attached hydrogens (tertiary/aromatic N) is 1. The maximum absolute atomic E-state index is 13.7. The third-order valence-electron chi connectivity index (χ3n) is 5.57. The summed E-state index contributed by atoms with van der Waals surface area (Å²) in [5, 5.41) is 3.02. The average molecular weight is 524 g/mol. The second kappa shape index (κ2) is 12.2. The van der Waals surface area contributed by atoms with Crippen molar-refractivity contribution < 1.29 is 25.4 Å². The number of aromatic nitrogens is 1. The number of thioether (sulfide) groups is 2. The van der Waals surface area contributed by atoms with Crippen molar-refractivity contribution in [3.8, 4) is 16.3 Å². The van der Waals surface area contributed by atoms with E-state index >= 15 is 0 Å². The largest absolute Gasteiger partial charge is 0.454 e. The Labute approximate surface area is 212 Å². The summed E-state index contributed by atoms with van der Waals surface area (Å²) in [4.78, 5) is 30.9. The van der Waals surface area contributed by atoms with E-state index in [9.17, 15) is 9.59 Å². The van der Waals surface area contributed by atoms with Crippen molar-refractivity contribution in [1.82, 2.24) is 4.98 Å². The van der Waals surface area contributed by atoms with Gasteiger partial charge in [-0.3, -0.25) is 4.79 Å². The molecular formula is C24H33N3O4S3+2. The topological polar surface area (TPSA) is 125 Å². The molecule has 0 saturated carbocycles. The molecule has 2 heterocycles. The number of rotatable bonds is 11. The van der Waals surface area contributed by atoms with E-state index in [1.54, 1.807) is 35.7 Å². The molecule has 0 saturated heterocycles. The van der Waals surface area contributed by atoms with Gasteiger partial charge in [-0.1, -0.05) is 6.92 Å². The number of hydrogen-bond donors (Lipinski definition) is 2. The van der Waals surface area contributed by atoms with Crippen molar-refractivity contribution in [2.24, 2.45) is 0 Å². The summed E-state index contributed by atoms with van der Waals surface area (Å²) in [6, 6.07) is 2.77. The van der Waals surface area contributed by atoms with Crippen molar-refractivity contribution in [1.29, 1.82) is 0 Å². The number of benzene rings is 1. The number of aryl methyl sites for hydroxylation is 2. The molecule has 34 heavy (non-hydrogen) atoms. The fourth-order valence-corrected chi connectivity index (χ4v) is 5.46. The first-order chi connectivity index (χ1) is 16.3. The molecule has 0 bridgehead atoms. The van der Waals surface area contributed by atoms with E-state index in [2.05, 4.69) is 16.5 Å². The predicted molar refractivity (Wildman–Crippen MR) is 142 cm³/mol. The Bertz CT molecular complexity index is 1210. The summed E-state index contributed by atoms with van der Waals surface area (Å²) >= 11 is 4.82. The molecule has 0 amide bonds. The molecule has 3 aromatic rings. The molecule has 2 aromatic heterocycles. The Hall–Kier alpha value is -1.85. The average Bonchev–Trinajstić information content (AvgIpc) is 3.25. The number of carbonyl (C=O) groups excluding carboxylic acids is 1. The lowest BCUT2D eigenvalue weighted by atomic mass is 10.0. The first-order valence-electron chi connectivity index (χ1n) is 11.2. The van der Waals surface area contributed by atoms with Gasteiger partial charge in [0.15, 0.2) is 11.8 Å². The SMILES string of the molecule is CCc1cc2c(=O)c(-c3nc(C)cs3)c([C@H]([NH3+])CCSC)oc2cc1OC(=O)[C@H]([NH3+])CCSC. The smallest absolute Gasteiger partial charge is 0.370 e. The van der Waals surface area contributed by atoms with Crippen LogP contribution in [0.25, 0.3) is 21.5 Å². The lowest BCUT2D eigenvalue weighted by Crippen LogP contribution is -2.66. The van der Waals surface area contributed by atoms with Gasteiger partial charge < -0.3 is 20.6 Å². The fraction of sp³-hybridized carbons (Fsp3) is 0.458. The monoisotopic (exact) mass is 523 g/mol. The van der Waals surface area contributed by atoms with E-state index in [1.807, 2.05) is 31.7 Å². The van der Waals surface area contributed by atoms with E-state index in [0.717, 1.165) is 29.2 Å². The highest BCUT2D eigenvalue weighted by Gasteiger charge is 2.27. The second-order valence-electron chi connectivity index (χ2n) is 8.15. The van der Waals surface area contributed by atoms with E-state index in [1.165, 1.54) is 11.3 Å². The van der Waals surface area contributed by atoms with Crippen LogP contribution in [0, 0.1) is 6.92 Å². The third kappa shape index (κ3) is 6.04. The molecule has 2 atom stereocenters. The summed E-state index contributed by atoms with van der Waals surface area (Å²) in [6.45, 7) is 3.87. The van der Waals surface area contributed by atoms with Crippen LogP contribution in [0.4, 0.5) is 0 Å². The minimum Gasteiger partial charge on any atom is -0.454 e. The standard InChI is InChI=1S/C24H31N3O4S3/c1-5-14-10-15-19(11-18(14)31-24(29)17(26)7-9-33-4)30-22(16(25)6-8-32-3)20(21(15)28)23-27-13(2)12-34-23/h10-12,16-17H,5-9,25-26H2,1-4H3/p+2/t16-,17-/m1/s1. The maximum atomic E-state index is 13.7. The van der Waals surface area contributed by atoms with E-state index < -0.39 is 6.04 Å². The number of hydrogen-bond acceptors (Lipinski definition) is 8. The summed E-state index contributed by atoms with van der Waals surface area (Å²) in [5.74, 6) is 2.28. The number of thiazole rings is 1. The molecule has 0 fully saturated rings. The van der Waals surface area contributed by atoms with Gasteiger partial charge in [-0.05, 0) is 49.0 Å². The summed E-state index contributed by atoms with van der Waals surface area (Å²) < 4.78 is 12.1. The van der Waals surface area contributed by atoms with Gasteiger partial charge in [0.1, 0.15) is 27.9 Å². The summed E-state index contributed by atoms with van der Waals surface area (Å²) in [7, 11) is 0. The highest BCUT2D eigenvalue weighted by Crippen LogP contribution is 2.33. The van der Waals surface area contributed by atoms with Crippen molar-refractivity contribution in [3.05, 3.63) is 44.8 Å². The minimum absolute atomic E-state index is 0.133. The van der Waals surface area contributed by atoms with Gasteiger partial charge in [-0.15, -0.1) is 11.3 Å². The van der Waals surface area contributed by atoms with Crippen LogP contribution in [0.3, 0.4) is 0 Å². The molecule has 6 N–H and O–H groups in total. The molecule has 3 rings (SSSR count). The fourth-order valence-electron chi connectivity index (χ4n) is 3.57. The van der Waals surface area contributed by atoms with Crippen LogP contribution in [-0.4, -0.2) is 41.0 Å². The van der Waals surface area contributed by atoms with E-state index in [-0.39, 0.29) is 17.4 Å². The van der Waals surface area contributed by atoms with E-state index in [0.29, 0.717) is 45.9 Å². The zero-order chi connectivity index (χ0) is 24.8. The Kier molecular flexibility index (Phi) is 9.61. The molecular weight excluding hydrogens is 490 g/mol. The van der Waals surface area contributed by atoms with Crippen LogP contribution < -0.4 is 21.6 Å². The molecule has 7 nitrogen and oxygen atoms in total. The highest BCUT2D eigenvalue weighted by molar-refractivity contribution is 7.98.